The van der Waals surface area contributed by atoms with Crippen LogP contribution in [-0.2, 0) is 6.54 Å². The van der Waals surface area contributed by atoms with Crippen LogP contribution in [0.3, 0.4) is 0 Å². The normalized spacial score (nSPS) is 15.0. The van der Waals surface area contributed by atoms with Gasteiger partial charge >= 0.3 is 6.03 Å². The van der Waals surface area contributed by atoms with E-state index >= 15 is 0 Å². The van der Waals surface area contributed by atoms with Crippen LogP contribution in [0.15, 0.2) is 36.7 Å². The van der Waals surface area contributed by atoms with Crippen molar-refractivity contribution in [3.05, 3.63) is 47.2 Å². The molecule has 0 spiro atoms. The van der Waals surface area contributed by atoms with Gasteiger partial charge in [0.25, 0.3) is 0 Å². The number of urea groups is 1. The summed E-state index contributed by atoms with van der Waals surface area (Å²) in [5.41, 5.74) is 0.977. The average Bonchev–Trinajstić information content (AvgIpc) is 2.62. The summed E-state index contributed by atoms with van der Waals surface area (Å²) in [6.07, 6.45) is 3.81. The van der Waals surface area contributed by atoms with Gasteiger partial charge in [0.1, 0.15) is 18.0 Å². The van der Waals surface area contributed by atoms with Crippen molar-refractivity contribution >= 4 is 29.3 Å². The molecule has 132 valence electrons. The van der Waals surface area contributed by atoms with E-state index in [0.717, 1.165) is 43.2 Å². The Labute approximate surface area is 152 Å². The Bertz CT molecular complexity index is 714. The molecule has 7 heteroatoms. The smallest absolute Gasteiger partial charge is 0.320 e. The standard InChI is InChI=1S/C18H22ClN5O/c1-13-6-8-24(9-7-13)17-10-16(21-12-22-17)23-18(25)20-11-14-2-4-15(19)5-3-14/h2-5,10,12-13H,6-9,11H2,1H3,(H2,20,21,22,23,25). The van der Waals surface area contributed by atoms with Crippen molar-refractivity contribution in [3.63, 3.8) is 0 Å². The van der Waals surface area contributed by atoms with Crippen LogP contribution in [-0.4, -0.2) is 29.1 Å². The third-order valence-electron chi connectivity index (χ3n) is 4.37. The number of amides is 2. The average molecular weight is 360 g/mol. The number of hydrogen-bond acceptors (Lipinski definition) is 4. The molecule has 3 rings (SSSR count). The highest BCUT2D eigenvalue weighted by Crippen LogP contribution is 2.22. The summed E-state index contributed by atoms with van der Waals surface area (Å²) in [6, 6.07) is 8.87. The number of carbonyl (C=O) groups excluding carboxylic acids is 1. The molecular formula is C18H22ClN5O. The van der Waals surface area contributed by atoms with Crippen molar-refractivity contribution < 1.29 is 4.79 Å². The molecule has 0 atom stereocenters. The number of nitrogens with zero attached hydrogens (tertiary/aromatic N) is 3. The first kappa shape index (κ1) is 17.5. The lowest BCUT2D eigenvalue weighted by Crippen LogP contribution is -2.33. The number of nitrogens with one attached hydrogen (secondary N) is 2. The molecule has 0 saturated carbocycles. The highest BCUT2D eigenvalue weighted by Gasteiger charge is 2.17. The third-order valence-corrected chi connectivity index (χ3v) is 4.62. The summed E-state index contributed by atoms with van der Waals surface area (Å²) in [4.78, 5) is 22.8. The van der Waals surface area contributed by atoms with Gasteiger partial charge in [0.2, 0.25) is 0 Å². The third kappa shape index (κ3) is 5.06. The van der Waals surface area contributed by atoms with Crippen LogP contribution in [0, 0.1) is 5.92 Å². The van der Waals surface area contributed by atoms with Crippen LogP contribution in [0.25, 0.3) is 0 Å². The predicted octanol–water partition coefficient (Wildman–Crippen LogP) is 3.69. The monoisotopic (exact) mass is 359 g/mol. The SMILES string of the molecule is CC1CCN(c2cc(NC(=O)NCc3ccc(Cl)cc3)ncn2)CC1. The van der Waals surface area contributed by atoms with E-state index in [-0.39, 0.29) is 6.03 Å². The molecule has 1 aliphatic heterocycles. The second-order valence-corrected chi connectivity index (χ2v) is 6.80. The Hall–Kier alpha value is -2.34. The van der Waals surface area contributed by atoms with Gasteiger partial charge in [0, 0.05) is 30.7 Å². The van der Waals surface area contributed by atoms with Crippen LogP contribution in [0.5, 0.6) is 0 Å². The molecule has 1 aromatic carbocycles. The lowest BCUT2D eigenvalue weighted by molar-refractivity contribution is 0.251. The van der Waals surface area contributed by atoms with Gasteiger partial charge in [0.05, 0.1) is 0 Å². The second-order valence-electron chi connectivity index (χ2n) is 6.37. The molecule has 6 nitrogen and oxygen atoms in total. The zero-order chi connectivity index (χ0) is 17.6. The van der Waals surface area contributed by atoms with Gasteiger partial charge in [-0.25, -0.2) is 14.8 Å². The first-order valence-electron chi connectivity index (χ1n) is 8.46. The van der Waals surface area contributed by atoms with E-state index in [1.54, 1.807) is 12.1 Å². The van der Waals surface area contributed by atoms with Crippen LogP contribution >= 0.6 is 11.6 Å². The predicted molar refractivity (Wildman–Crippen MR) is 100.0 cm³/mol. The Morgan fingerprint density at radius 3 is 2.68 bits per heavy atom. The Kier molecular flexibility index (Phi) is 5.71. The van der Waals surface area contributed by atoms with Crippen molar-refractivity contribution in [1.29, 1.82) is 0 Å². The Morgan fingerprint density at radius 2 is 1.96 bits per heavy atom. The molecule has 2 aromatic rings. The van der Waals surface area contributed by atoms with E-state index in [2.05, 4.69) is 32.4 Å². The topological polar surface area (TPSA) is 70.2 Å². The van der Waals surface area contributed by atoms with Crippen molar-refractivity contribution in [2.75, 3.05) is 23.3 Å². The first-order valence-corrected chi connectivity index (χ1v) is 8.84. The summed E-state index contributed by atoms with van der Waals surface area (Å²) in [6.45, 7) is 4.67. The molecule has 1 saturated heterocycles. The van der Waals surface area contributed by atoms with Gasteiger partial charge in [-0.3, -0.25) is 5.32 Å². The number of benzene rings is 1. The number of aromatic nitrogens is 2. The van der Waals surface area contributed by atoms with E-state index < -0.39 is 0 Å². The molecule has 0 bridgehead atoms. The quantitative estimate of drug-likeness (QED) is 0.873. The maximum absolute atomic E-state index is 12.1. The zero-order valence-corrected chi connectivity index (χ0v) is 15.0. The number of hydrogen-bond donors (Lipinski definition) is 2. The van der Waals surface area contributed by atoms with Crippen molar-refractivity contribution in [2.45, 2.75) is 26.3 Å². The fourth-order valence-electron chi connectivity index (χ4n) is 2.77. The van der Waals surface area contributed by atoms with E-state index in [1.165, 1.54) is 6.33 Å². The molecule has 25 heavy (non-hydrogen) atoms. The molecule has 0 unspecified atom stereocenters. The highest BCUT2D eigenvalue weighted by atomic mass is 35.5. The van der Waals surface area contributed by atoms with E-state index in [1.807, 2.05) is 18.2 Å². The minimum absolute atomic E-state index is 0.299. The van der Waals surface area contributed by atoms with E-state index in [4.69, 9.17) is 11.6 Å². The van der Waals surface area contributed by atoms with E-state index in [9.17, 15) is 4.79 Å². The maximum atomic E-state index is 12.1. The molecule has 0 radical (unpaired) electrons. The summed E-state index contributed by atoms with van der Waals surface area (Å²) >= 11 is 5.85. The van der Waals surface area contributed by atoms with Crippen LogP contribution < -0.4 is 15.5 Å². The molecule has 1 aliphatic rings. The van der Waals surface area contributed by atoms with Crippen molar-refractivity contribution in [1.82, 2.24) is 15.3 Å². The molecule has 2 amide bonds. The lowest BCUT2D eigenvalue weighted by atomic mass is 9.99. The number of rotatable bonds is 4. The fraction of sp³-hybridized carbons (Fsp3) is 0.389. The maximum Gasteiger partial charge on any atom is 0.320 e. The first-order chi connectivity index (χ1) is 12.1. The van der Waals surface area contributed by atoms with Crippen LogP contribution in [0.4, 0.5) is 16.4 Å². The number of anilines is 2. The largest absolute Gasteiger partial charge is 0.356 e. The van der Waals surface area contributed by atoms with Gasteiger partial charge in [-0.05, 0) is 36.5 Å². The lowest BCUT2D eigenvalue weighted by Gasteiger charge is -2.31. The molecular weight excluding hydrogens is 338 g/mol. The Balaban J connectivity index is 1.54. The number of halogens is 1. The minimum atomic E-state index is -0.299. The molecule has 2 N–H and O–H groups in total. The number of piperidine rings is 1. The van der Waals surface area contributed by atoms with Gasteiger partial charge < -0.3 is 10.2 Å². The second kappa shape index (κ2) is 8.16. The molecule has 1 aromatic heterocycles. The molecule has 0 aliphatic carbocycles. The fourth-order valence-corrected chi connectivity index (χ4v) is 2.90. The minimum Gasteiger partial charge on any atom is -0.356 e. The summed E-state index contributed by atoms with van der Waals surface area (Å²) in [7, 11) is 0. The Morgan fingerprint density at radius 1 is 1.24 bits per heavy atom. The van der Waals surface area contributed by atoms with Gasteiger partial charge in [-0.15, -0.1) is 0 Å². The zero-order valence-electron chi connectivity index (χ0n) is 14.2. The van der Waals surface area contributed by atoms with Crippen LogP contribution in [0.1, 0.15) is 25.3 Å². The van der Waals surface area contributed by atoms with Crippen molar-refractivity contribution in [3.8, 4) is 0 Å². The highest BCUT2D eigenvalue weighted by molar-refractivity contribution is 6.30. The molecule has 1 fully saturated rings. The van der Waals surface area contributed by atoms with E-state index in [0.29, 0.717) is 17.4 Å². The molecule has 2 heterocycles. The summed E-state index contributed by atoms with van der Waals surface area (Å²) < 4.78 is 0. The van der Waals surface area contributed by atoms with Crippen LogP contribution in [0.2, 0.25) is 5.02 Å². The summed E-state index contributed by atoms with van der Waals surface area (Å²) in [5, 5.41) is 6.24. The van der Waals surface area contributed by atoms with Gasteiger partial charge in [0.15, 0.2) is 0 Å². The summed E-state index contributed by atoms with van der Waals surface area (Å²) in [5.74, 6) is 2.11. The number of carbonyl (C=O) groups is 1. The van der Waals surface area contributed by atoms with Gasteiger partial charge in [-0.2, -0.15) is 0 Å². The van der Waals surface area contributed by atoms with Gasteiger partial charge in [-0.1, -0.05) is 30.7 Å². The van der Waals surface area contributed by atoms with Crippen molar-refractivity contribution in [2.24, 2.45) is 5.92 Å².